The molecule has 0 saturated carbocycles. The second-order valence-electron chi connectivity index (χ2n) is 6.04. The van der Waals surface area contributed by atoms with E-state index in [0.29, 0.717) is 0 Å². The number of aryl methyl sites for hydroxylation is 1. The van der Waals surface area contributed by atoms with Crippen LogP contribution in [0.15, 0.2) is 84.9 Å². The Morgan fingerprint density at radius 2 is 1.38 bits per heavy atom. The molecule has 0 atom stereocenters. The summed E-state index contributed by atoms with van der Waals surface area (Å²) in [6.45, 7) is 2.21. The molecule has 130 valence electrons. The Morgan fingerprint density at radius 3 is 2.04 bits per heavy atom. The summed E-state index contributed by atoms with van der Waals surface area (Å²) in [5, 5.41) is 2.70. The molecule has 0 saturated heterocycles. The number of hydrogen-bond donors (Lipinski definition) is 0. The van der Waals surface area contributed by atoms with Gasteiger partial charge in [0.05, 0.1) is 0 Å². The molecule has 3 heteroatoms. The topological polar surface area (TPSA) is 0 Å². The van der Waals surface area contributed by atoms with Crippen molar-refractivity contribution >= 4 is 27.8 Å². The average Bonchev–Trinajstić information content (AvgIpc) is 3.13. The van der Waals surface area contributed by atoms with Crippen LogP contribution in [0.4, 0.5) is 0 Å². The van der Waals surface area contributed by atoms with Crippen LogP contribution in [0.3, 0.4) is 0 Å². The zero-order valence-electron chi connectivity index (χ0n) is 14.5. The standard InChI is InChI=1S/C23H19.2ClH.Zr/c1-2-17-15-21-9-6-10-22(23(21)16-17)20-13-11-19(12-14-20)18-7-4-3-5-8-18;;;/h3-16H,2H2,1H3;2*1H;/q-1;;;+2/p-2. The van der Waals surface area contributed by atoms with E-state index in [1.165, 1.54) is 38.6 Å². The maximum absolute atomic E-state index is 4.93. The first kappa shape index (κ1) is 19.5. The van der Waals surface area contributed by atoms with E-state index in [4.69, 9.17) is 17.0 Å². The van der Waals surface area contributed by atoms with Crippen LogP contribution in [0.25, 0.3) is 33.0 Å². The van der Waals surface area contributed by atoms with Crippen molar-refractivity contribution in [1.29, 1.82) is 0 Å². The molecule has 0 unspecified atom stereocenters. The first-order valence-corrected chi connectivity index (χ1v) is 14.9. The third kappa shape index (κ3) is 4.52. The molecule has 4 aromatic carbocycles. The summed E-state index contributed by atoms with van der Waals surface area (Å²) in [7, 11) is 9.87. The monoisotopic (exact) mass is 455 g/mol. The summed E-state index contributed by atoms with van der Waals surface area (Å²) in [6.07, 6.45) is 1.08. The zero-order chi connectivity index (χ0) is 18.4. The maximum atomic E-state index is 4.93. The van der Waals surface area contributed by atoms with Gasteiger partial charge < -0.3 is 0 Å². The molecule has 4 rings (SSSR count). The van der Waals surface area contributed by atoms with Crippen LogP contribution in [0.2, 0.25) is 0 Å². The van der Waals surface area contributed by atoms with Crippen molar-refractivity contribution in [1.82, 2.24) is 0 Å². The number of rotatable bonds is 3. The molecular formula is C23H19Cl2Zr-. The van der Waals surface area contributed by atoms with Crippen molar-refractivity contribution in [3.05, 3.63) is 90.5 Å². The van der Waals surface area contributed by atoms with Gasteiger partial charge in [0.25, 0.3) is 0 Å². The van der Waals surface area contributed by atoms with Crippen LogP contribution >= 0.6 is 17.0 Å². The third-order valence-corrected chi connectivity index (χ3v) is 4.52. The summed E-state index contributed by atoms with van der Waals surface area (Å²) in [5.41, 5.74) is 6.54. The predicted octanol–water partition coefficient (Wildman–Crippen LogP) is 7.83. The van der Waals surface area contributed by atoms with Crippen LogP contribution < -0.4 is 0 Å². The molecule has 0 spiro atoms. The van der Waals surface area contributed by atoms with Gasteiger partial charge in [0, 0.05) is 0 Å². The number of hydrogen-bond acceptors (Lipinski definition) is 0. The Kier molecular flexibility index (Phi) is 7.20. The molecule has 0 radical (unpaired) electrons. The van der Waals surface area contributed by atoms with Crippen molar-refractivity contribution in [2.24, 2.45) is 0 Å². The fourth-order valence-corrected chi connectivity index (χ4v) is 3.23. The van der Waals surface area contributed by atoms with Crippen LogP contribution in [0.1, 0.15) is 12.5 Å². The van der Waals surface area contributed by atoms with Gasteiger partial charge in [0.1, 0.15) is 0 Å². The van der Waals surface area contributed by atoms with E-state index in [1.807, 2.05) is 0 Å². The molecule has 0 amide bonds. The quantitative estimate of drug-likeness (QED) is 0.275. The summed E-state index contributed by atoms with van der Waals surface area (Å²) in [6, 6.07) is 30.6. The number of benzene rings is 3. The van der Waals surface area contributed by atoms with Gasteiger partial charge in [0.2, 0.25) is 0 Å². The minimum absolute atomic E-state index is 0.826. The molecule has 0 bridgehead atoms. The van der Waals surface area contributed by atoms with Gasteiger partial charge in [-0.15, -0.1) is 34.5 Å². The van der Waals surface area contributed by atoms with E-state index in [-0.39, 0.29) is 0 Å². The molecule has 0 aromatic heterocycles. The SMILES string of the molecule is CCc1cc2c(-c3ccc(-c4ccccc4)cc3)cccc2[cH-]1.[Cl][Zr][Cl]. The van der Waals surface area contributed by atoms with Crippen LogP contribution in [0, 0.1) is 0 Å². The molecule has 0 N–H and O–H groups in total. The van der Waals surface area contributed by atoms with Gasteiger partial charge in [-0.1, -0.05) is 73.2 Å². The summed E-state index contributed by atoms with van der Waals surface area (Å²) < 4.78 is 0. The Morgan fingerprint density at radius 1 is 0.769 bits per heavy atom. The third-order valence-electron chi connectivity index (χ3n) is 4.52. The normalized spacial score (nSPS) is 10.3. The number of halogens is 2. The minimum atomic E-state index is -0.826. The zero-order valence-corrected chi connectivity index (χ0v) is 18.5. The Hall–Kier alpha value is -1.27. The molecule has 4 aromatic rings. The molecule has 0 aliphatic carbocycles. The fourth-order valence-electron chi connectivity index (χ4n) is 3.23. The van der Waals surface area contributed by atoms with Gasteiger partial charge >= 0.3 is 37.9 Å². The van der Waals surface area contributed by atoms with E-state index in [1.54, 1.807) is 0 Å². The number of fused-ring (bicyclic) bond motifs is 1. The van der Waals surface area contributed by atoms with Crippen molar-refractivity contribution in [3.63, 3.8) is 0 Å². The average molecular weight is 458 g/mol. The van der Waals surface area contributed by atoms with Crippen molar-refractivity contribution in [2.75, 3.05) is 0 Å². The Labute approximate surface area is 173 Å². The van der Waals surface area contributed by atoms with Crippen molar-refractivity contribution < 1.29 is 20.8 Å². The van der Waals surface area contributed by atoms with E-state index in [0.717, 1.165) is 6.42 Å². The fraction of sp³-hybridized carbons (Fsp3) is 0.0870. The van der Waals surface area contributed by atoms with E-state index in [9.17, 15) is 0 Å². The second kappa shape index (κ2) is 9.61. The van der Waals surface area contributed by atoms with Gasteiger partial charge in [-0.25, -0.2) is 0 Å². The second-order valence-corrected chi connectivity index (χ2v) is 9.77. The molecule has 0 nitrogen and oxygen atoms in total. The van der Waals surface area contributed by atoms with Gasteiger partial charge in [-0.3, -0.25) is 0 Å². The van der Waals surface area contributed by atoms with Gasteiger partial charge in [0.15, 0.2) is 0 Å². The molecule has 0 aliphatic heterocycles. The van der Waals surface area contributed by atoms with Crippen molar-refractivity contribution in [2.45, 2.75) is 13.3 Å². The Bertz CT molecular complexity index is 957. The van der Waals surface area contributed by atoms with Crippen LogP contribution in [-0.4, -0.2) is 0 Å². The Balaban J connectivity index is 0.000000613. The molecule has 0 aliphatic rings. The van der Waals surface area contributed by atoms with E-state index in [2.05, 4.69) is 91.9 Å². The molecule has 0 heterocycles. The predicted molar refractivity (Wildman–Crippen MR) is 111 cm³/mol. The first-order valence-electron chi connectivity index (χ1n) is 8.57. The van der Waals surface area contributed by atoms with Gasteiger partial charge in [-0.2, -0.15) is 6.07 Å². The molecule has 26 heavy (non-hydrogen) atoms. The summed E-state index contributed by atoms with van der Waals surface area (Å²) in [5.74, 6) is 0. The summed E-state index contributed by atoms with van der Waals surface area (Å²) >= 11 is -0.826. The molecule has 0 fully saturated rings. The van der Waals surface area contributed by atoms with Crippen LogP contribution in [-0.2, 0) is 27.3 Å². The first-order chi connectivity index (χ1) is 12.8. The van der Waals surface area contributed by atoms with Crippen molar-refractivity contribution in [3.8, 4) is 22.3 Å². The van der Waals surface area contributed by atoms with E-state index >= 15 is 0 Å². The summed E-state index contributed by atoms with van der Waals surface area (Å²) in [4.78, 5) is 0. The molecular weight excluding hydrogens is 438 g/mol. The van der Waals surface area contributed by atoms with E-state index < -0.39 is 20.8 Å². The van der Waals surface area contributed by atoms with Crippen LogP contribution in [0.5, 0.6) is 0 Å². The van der Waals surface area contributed by atoms with Gasteiger partial charge in [-0.05, 0) is 23.1 Å².